The molecule has 1 heterocycles. The van der Waals surface area contributed by atoms with Gasteiger partial charge in [-0.2, -0.15) is 26.3 Å². The zero-order valence-corrected chi connectivity index (χ0v) is 16.0. The Balaban J connectivity index is 1.87. The molecule has 3 rings (SSSR count). The van der Waals surface area contributed by atoms with Crippen molar-refractivity contribution < 1.29 is 40.7 Å². The molecular weight excluding hydrogens is 430 g/mol. The van der Waals surface area contributed by atoms with Crippen molar-refractivity contribution >= 4 is 23.2 Å². The Morgan fingerprint density at radius 2 is 1.65 bits per heavy atom. The van der Waals surface area contributed by atoms with Gasteiger partial charge in [0, 0.05) is 12.5 Å². The summed E-state index contributed by atoms with van der Waals surface area (Å²) in [6.45, 7) is 0.761. The van der Waals surface area contributed by atoms with E-state index in [1.54, 1.807) is 31.2 Å². The summed E-state index contributed by atoms with van der Waals surface area (Å²) in [5.74, 6) is -1.83. The van der Waals surface area contributed by atoms with Crippen LogP contribution in [0.1, 0.15) is 24.5 Å². The fraction of sp³-hybridized carbons (Fsp3) is 0.300. The highest BCUT2D eigenvalue weighted by Crippen LogP contribution is 2.38. The van der Waals surface area contributed by atoms with Gasteiger partial charge >= 0.3 is 12.4 Å². The molecule has 0 aliphatic carbocycles. The van der Waals surface area contributed by atoms with Crippen molar-refractivity contribution in [2.45, 2.75) is 31.7 Å². The molecule has 2 aromatic rings. The summed E-state index contributed by atoms with van der Waals surface area (Å²) in [6, 6.07) is 6.52. The first kappa shape index (κ1) is 22.4. The second kappa shape index (κ2) is 8.12. The fourth-order valence-corrected chi connectivity index (χ4v) is 3.19. The number of amides is 2. The Kier molecular flexibility index (Phi) is 5.88. The quantitative estimate of drug-likeness (QED) is 0.685. The van der Waals surface area contributed by atoms with Crippen LogP contribution in [0.15, 0.2) is 42.5 Å². The van der Waals surface area contributed by atoms with Crippen LogP contribution in [0.2, 0.25) is 0 Å². The second-order valence-corrected chi connectivity index (χ2v) is 6.91. The molecule has 11 heteroatoms. The minimum atomic E-state index is -5.03. The van der Waals surface area contributed by atoms with Gasteiger partial charge < -0.3 is 15.0 Å². The topological polar surface area (TPSA) is 58.6 Å². The van der Waals surface area contributed by atoms with Gasteiger partial charge in [-0.1, -0.05) is 12.1 Å². The van der Waals surface area contributed by atoms with E-state index in [4.69, 9.17) is 4.74 Å². The molecule has 1 atom stereocenters. The molecule has 1 aliphatic heterocycles. The highest BCUT2D eigenvalue weighted by molar-refractivity contribution is 6.04. The number of anilines is 2. The molecule has 0 fully saturated rings. The molecule has 0 saturated carbocycles. The van der Waals surface area contributed by atoms with Gasteiger partial charge in [0.15, 0.2) is 6.61 Å². The highest BCUT2D eigenvalue weighted by atomic mass is 19.4. The van der Waals surface area contributed by atoms with Gasteiger partial charge in [-0.15, -0.1) is 0 Å². The second-order valence-electron chi connectivity index (χ2n) is 6.91. The first-order chi connectivity index (χ1) is 14.4. The number of para-hydroxylation sites is 2. The molecule has 2 amide bonds. The number of ether oxygens (including phenoxy) is 1. The smallest absolute Gasteiger partial charge is 0.416 e. The minimum Gasteiger partial charge on any atom is -0.484 e. The summed E-state index contributed by atoms with van der Waals surface area (Å²) in [7, 11) is 0. The van der Waals surface area contributed by atoms with E-state index in [1.165, 1.54) is 4.90 Å². The Labute approximate surface area is 172 Å². The number of hydrogen-bond acceptors (Lipinski definition) is 3. The third kappa shape index (κ3) is 5.09. The van der Waals surface area contributed by atoms with Gasteiger partial charge in [-0.25, -0.2) is 0 Å². The molecule has 1 aliphatic rings. The van der Waals surface area contributed by atoms with E-state index in [2.05, 4.69) is 5.32 Å². The van der Waals surface area contributed by atoms with Crippen molar-refractivity contribution in [2.75, 3.05) is 16.8 Å². The number of benzene rings is 2. The van der Waals surface area contributed by atoms with Crippen LogP contribution >= 0.6 is 0 Å². The lowest BCUT2D eigenvalue weighted by atomic mass is 10.1. The Morgan fingerprint density at radius 1 is 1.06 bits per heavy atom. The summed E-state index contributed by atoms with van der Waals surface area (Å²) in [5, 5.41) is 2.64. The maximum atomic E-state index is 13.0. The minimum absolute atomic E-state index is 0.0287. The molecule has 0 bridgehead atoms. The number of rotatable bonds is 3. The number of halogens is 6. The van der Waals surface area contributed by atoms with Crippen molar-refractivity contribution in [3.05, 3.63) is 53.6 Å². The van der Waals surface area contributed by atoms with Gasteiger partial charge in [0.25, 0.3) is 5.91 Å². The monoisotopic (exact) mass is 446 g/mol. The van der Waals surface area contributed by atoms with Crippen LogP contribution < -0.4 is 15.0 Å². The summed E-state index contributed by atoms with van der Waals surface area (Å²) in [5.41, 5.74) is -2.40. The largest absolute Gasteiger partial charge is 0.484 e. The zero-order valence-electron chi connectivity index (χ0n) is 16.0. The Bertz CT molecular complexity index is 971. The van der Waals surface area contributed by atoms with Crippen molar-refractivity contribution in [3.8, 4) is 5.75 Å². The fourth-order valence-electron chi connectivity index (χ4n) is 3.19. The first-order valence-corrected chi connectivity index (χ1v) is 8.99. The van der Waals surface area contributed by atoms with Crippen LogP contribution in [0.25, 0.3) is 0 Å². The lowest BCUT2D eigenvalue weighted by molar-refractivity contribution is -0.143. The predicted molar refractivity (Wildman–Crippen MR) is 98.6 cm³/mol. The number of hydrogen-bond donors (Lipinski definition) is 1. The lowest BCUT2D eigenvalue weighted by Gasteiger charge is -2.27. The van der Waals surface area contributed by atoms with Crippen molar-refractivity contribution in [1.29, 1.82) is 0 Å². The molecular formula is C20H16F6N2O3. The SMILES string of the molecule is CC1CC(=O)Nc2ccccc2N1C(=O)COc1cc(C(F)(F)F)cc(C(F)(F)F)c1. The van der Waals surface area contributed by atoms with E-state index < -0.39 is 47.8 Å². The normalized spacial score (nSPS) is 16.9. The van der Waals surface area contributed by atoms with Gasteiger partial charge in [0.2, 0.25) is 5.91 Å². The average molecular weight is 446 g/mol. The van der Waals surface area contributed by atoms with Crippen molar-refractivity contribution in [1.82, 2.24) is 0 Å². The number of nitrogens with one attached hydrogen (secondary N) is 1. The molecule has 0 radical (unpaired) electrons. The Hall–Kier alpha value is -3.24. The number of carbonyl (C=O) groups excluding carboxylic acids is 2. The third-order valence-corrected chi connectivity index (χ3v) is 4.55. The first-order valence-electron chi connectivity index (χ1n) is 8.99. The summed E-state index contributed by atoms with van der Waals surface area (Å²) in [6.07, 6.45) is -10.1. The van der Waals surface area contributed by atoms with E-state index in [1.807, 2.05) is 0 Å². The highest BCUT2D eigenvalue weighted by Gasteiger charge is 2.37. The molecule has 5 nitrogen and oxygen atoms in total. The molecule has 2 aromatic carbocycles. The average Bonchev–Trinajstić information content (AvgIpc) is 2.78. The van der Waals surface area contributed by atoms with Crippen LogP contribution in [0.3, 0.4) is 0 Å². The predicted octanol–water partition coefficient (Wildman–Crippen LogP) is 4.87. The molecule has 31 heavy (non-hydrogen) atoms. The summed E-state index contributed by atoms with van der Waals surface area (Å²) < 4.78 is 83.0. The van der Waals surface area contributed by atoms with E-state index in [0.29, 0.717) is 23.5 Å². The molecule has 0 saturated heterocycles. The summed E-state index contributed by atoms with van der Waals surface area (Å²) in [4.78, 5) is 26.0. The maximum Gasteiger partial charge on any atom is 0.416 e. The lowest BCUT2D eigenvalue weighted by Crippen LogP contribution is -2.41. The van der Waals surface area contributed by atoms with Crippen molar-refractivity contribution in [2.24, 2.45) is 0 Å². The van der Waals surface area contributed by atoms with E-state index in [-0.39, 0.29) is 18.4 Å². The van der Waals surface area contributed by atoms with Gasteiger partial charge in [0.1, 0.15) is 5.75 Å². The molecule has 0 aromatic heterocycles. The standard InChI is InChI=1S/C20H16F6N2O3/c1-11-6-17(29)27-15-4-2-3-5-16(15)28(11)18(30)10-31-14-8-12(19(21,22)23)7-13(9-14)20(24,25)26/h2-5,7-9,11H,6,10H2,1H3,(H,27,29). The summed E-state index contributed by atoms with van der Waals surface area (Å²) >= 11 is 0. The maximum absolute atomic E-state index is 13.0. The van der Waals surface area contributed by atoms with Crippen LogP contribution in [-0.4, -0.2) is 24.5 Å². The van der Waals surface area contributed by atoms with Gasteiger partial charge in [0.05, 0.1) is 22.5 Å². The molecule has 0 spiro atoms. The van der Waals surface area contributed by atoms with E-state index in [9.17, 15) is 35.9 Å². The van der Waals surface area contributed by atoms with Crippen molar-refractivity contribution in [3.63, 3.8) is 0 Å². The van der Waals surface area contributed by atoms with Gasteiger partial charge in [-0.3, -0.25) is 9.59 Å². The zero-order chi connectivity index (χ0) is 23.0. The van der Waals surface area contributed by atoms with Crippen LogP contribution in [0.5, 0.6) is 5.75 Å². The number of fused-ring (bicyclic) bond motifs is 1. The number of carbonyl (C=O) groups is 2. The van der Waals surface area contributed by atoms with E-state index >= 15 is 0 Å². The van der Waals surface area contributed by atoms with E-state index in [0.717, 1.165) is 0 Å². The van der Waals surface area contributed by atoms with Crippen LogP contribution in [0, 0.1) is 0 Å². The number of alkyl halides is 6. The van der Waals surface area contributed by atoms with Crippen LogP contribution in [-0.2, 0) is 21.9 Å². The molecule has 1 unspecified atom stereocenters. The molecule has 166 valence electrons. The number of nitrogens with zero attached hydrogens (tertiary/aromatic N) is 1. The van der Waals surface area contributed by atoms with Gasteiger partial charge in [-0.05, 0) is 37.3 Å². The Morgan fingerprint density at radius 3 is 2.23 bits per heavy atom. The van der Waals surface area contributed by atoms with Crippen LogP contribution in [0.4, 0.5) is 37.7 Å². The third-order valence-electron chi connectivity index (χ3n) is 4.55. The molecule has 1 N–H and O–H groups in total.